The van der Waals surface area contributed by atoms with E-state index in [4.69, 9.17) is 50.0 Å². The van der Waals surface area contributed by atoms with Crippen LogP contribution in [0, 0.1) is 0 Å². The average Bonchev–Trinajstić information content (AvgIpc) is 1.14. The second-order valence-electron chi connectivity index (χ2n) is 17.5. The number of rotatable bonds is 4. The van der Waals surface area contributed by atoms with E-state index in [2.05, 4.69) is 0 Å². The molecule has 0 amide bonds. The Morgan fingerprint density at radius 2 is 0.575 bits per heavy atom. The Balaban J connectivity index is 0.000000176. The van der Waals surface area contributed by atoms with Crippen LogP contribution in [0.3, 0.4) is 0 Å². The molecule has 0 bridgehead atoms. The fourth-order valence-electron chi connectivity index (χ4n) is 10.2. The molecule has 0 atom stereocenters. The molecule has 0 saturated heterocycles. The quantitative estimate of drug-likeness (QED) is 0.164. The van der Waals surface area contributed by atoms with Crippen LogP contribution in [0.4, 0.5) is 0 Å². The van der Waals surface area contributed by atoms with Crippen molar-refractivity contribution in [2.75, 3.05) is 0 Å². The standard InChI is InChI=1S/2C38H22OS/c1-3-15-27-25(13-1)35(31-19-9-17-29-23-11-5-7-21-33(23)39-37(29)31)26-14-2-4-16-28(26)36(27)32-20-10-18-30-24-12-6-8-22-34(24)40-38(30)32;1-3-14-29-27(12-1)36(23-20-21-25-24-10-5-7-18-33(24)39-34(25)22-23)28-13-2-4-15-30(28)37(29)32-17-9-16-31-26-11-6-8-19-35(26)40-38(31)32/h2*1-22H/i2*1D,2D,3D,4D,5D,6D,7D,8D,9D,10D,11D,12D,13D,14D,15D,16D,17D,18D,19D,20D,21D,22D. The summed E-state index contributed by atoms with van der Waals surface area (Å²) < 4.78 is 402. The summed E-state index contributed by atoms with van der Waals surface area (Å²) in [6.45, 7) is 0. The molecule has 0 radical (unpaired) electrons. The number of hydrogen-bond acceptors (Lipinski definition) is 4. The van der Waals surface area contributed by atoms with Gasteiger partial charge in [0.1, 0.15) is 22.3 Å². The van der Waals surface area contributed by atoms with E-state index < -0.39 is 381 Å². The molecular formula is C76H44O2S2. The molecule has 14 aromatic carbocycles. The van der Waals surface area contributed by atoms with Crippen molar-refractivity contribution in [1.29, 1.82) is 0 Å². The molecule has 0 N–H and O–H groups in total. The van der Waals surface area contributed by atoms with Gasteiger partial charge in [0.15, 0.2) is 0 Å². The Kier molecular flexibility index (Phi) is 4.42. The van der Waals surface area contributed by atoms with Crippen LogP contribution in [0.5, 0.6) is 0 Å². The summed E-state index contributed by atoms with van der Waals surface area (Å²) in [6.07, 6.45) is 0. The molecule has 80 heavy (non-hydrogen) atoms. The molecule has 0 spiro atoms. The van der Waals surface area contributed by atoms with E-state index in [1.807, 2.05) is 0 Å². The van der Waals surface area contributed by atoms with Gasteiger partial charge in [0.05, 0.1) is 60.3 Å². The molecule has 2 nitrogen and oxygen atoms in total. The van der Waals surface area contributed by atoms with E-state index in [1.54, 1.807) is 0 Å². The maximum atomic E-state index is 9.50. The first-order chi connectivity index (χ1) is 58.0. The van der Waals surface area contributed by atoms with E-state index in [0.717, 1.165) is 0 Å². The molecule has 372 valence electrons. The number of benzene rings is 14. The van der Waals surface area contributed by atoms with E-state index in [-0.39, 0.29) is 56.5 Å². The van der Waals surface area contributed by atoms with E-state index in [0.29, 0.717) is 22.7 Å². The van der Waals surface area contributed by atoms with Crippen molar-refractivity contribution < 1.29 is 69.1 Å². The van der Waals surface area contributed by atoms with Crippen molar-refractivity contribution in [3.8, 4) is 44.5 Å². The highest BCUT2D eigenvalue weighted by atomic mass is 32.1. The molecule has 0 fully saturated rings. The largest absolute Gasteiger partial charge is 0.456 e. The normalized spacial score (nSPS) is 19.7. The van der Waals surface area contributed by atoms with Crippen molar-refractivity contribution in [2.45, 2.75) is 0 Å². The van der Waals surface area contributed by atoms with Gasteiger partial charge in [-0.3, -0.25) is 0 Å². The fraction of sp³-hybridized carbons (Fsp3) is 0. The van der Waals surface area contributed by atoms with Crippen molar-refractivity contribution in [1.82, 2.24) is 0 Å². The lowest BCUT2D eigenvalue weighted by Gasteiger charge is -2.18. The summed E-state index contributed by atoms with van der Waals surface area (Å²) in [5.74, 6) is 0. The highest BCUT2D eigenvalue weighted by Crippen LogP contribution is 2.51. The minimum atomic E-state index is -0.880. The highest BCUT2D eigenvalue weighted by Gasteiger charge is 2.23. The lowest BCUT2D eigenvalue weighted by atomic mass is 9.85. The first-order valence-corrected chi connectivity index (χ1v) is 25.3. The molecule has 18 aromatic rings. The Hall–Kier alpha value is -9.84. The number of hydrogen-bond donors (Lipinski definition) is 0. The predicted octanol–water partition coefficient (Wildman–Crippen LogP) is 23.2. The van der Waals surface area contributed by atoms with Crippen LogP contribution in [0.2, 0.25) is 0 Å². The number of fused-ring (bicyclic) bond motifs is 16. The Morgan fingerprint density at radius 3 is 1.06 bits per heavy atom. The first kappa shape index (κ1) is 19.8. The van der Waals surface area contributed by atoms with Gasteiger partial charge >= 0.3 is 0 Å². The third-order valence-corrected chi connectivity index (χ3v) is 15.7. The molecule has 0 unspecified atom stereocenters. The third-order valence-electron chi connectivity index (χ3n) is 13.4. The molecule has 4 heteroatoms. The van der Waals surface area contributed by atoms with Crippen LogP contribution < -0.4 is 0 Å². The van der Waals surface area contributed by atoms with Gasteiger partial charge in [-0.25, -0.2) is 0 Å². The molecule has 0 saturated carbocycles. The molecular weight excluding hydrogens is 1010 g/mol. The summed E-state index contributed by atoms with van der Waals surface area (Å²) in [6, 6.07) is -33.3. The lowest BCUT2D eigenvalue weighted by Crippen LogP contribution is -1.91. The number of para-hydroxylation sites is 3. The van der Waals surface area contributed by atoms with Crippen LogP contribution in [-0.2, 0) is 0 Å². The second kappa shape index (κ2) is 17.9. The average molecular weight is 1100 g/mol. The topological polar surface area (TPSA) is 26.3 Å². The van der Waals surface area contributed by atoms with Gasteiger partial charge in [-0.1, -0.05) is 230 Å². The summed E-state index contributed by atoms with van der Waals surface area (Å²) in [4.78, 5) is 0. The predicted molar refractivity (Wildman–Crippen MR) is 345 cm³/mol. The molecule has 0 aliphatic rings. The van der Waals surface area contributed by atoms with Crippen molar-refractivity contribution in [3.05, 3.63) is 266 Å². The van der Waals surface area contributed by atoms with Crippen LogP contribution >= 0.6 is 22.7 Å². The lowest BCUT2D eigenvalue weighted by molar-refractivity contribution is 0.669. The van der Waals surface area contributed by atoms with Crippen molar-refractivity contribution >= 4 is 150 Å². The van der Waals surface area contributed by atoms with Gasteiger partial charge in [-0.05, 0) is 102 Å². The smallest absolute Gasteiger partial charge is 0.143 e. The van der Waals surface area contributed by atoms with Gasteiger partial charge in [-0.2, -0.15) is 0 Å². The fourth-order valence-corrected chi connectivity index (χ4v) is 12.3. The summed E-state index contributed by atoms with van der Waals surface area (Å²) >= 11 is 1.35. The van der Waals surface area contributed by atoms with Gasteiger partial charge in [0.2, 0.25) is 0 Å². The zero-order chi connectivity index (χ0) is 90.7. The van der Waals surface area contributed by atoms with Crippen LogP contribution in [0.1, 0.15) is 60.3 Å². The molecule has 0 aliphatic carbocycles. The summed E-state index contributed by atoms with van der Waals surface area (Å²) in [5.41, 5.74) is -6.14. The van der Waals surface area contributed by atoms with Gasteiger partial charge in [-0.15, -0.1) is 22.7 Å². The summed E-state index contributed by atoms with van der Waals surface area (Å²) in [5, 5.41) is -6.70. The number of thiophene rings is 2. The highest BCUT2D eigenvalue weighted by molar-refractivity contribution is 7.26. The molecule has 18 rings (SSSR count). The SMILES string of the molecule is [2H]c1c([2H])c([2H])c2c(oc3c(-c4c5c([2H])c([2H])c([2H])c([2H])c5c(-c5c([2H])c([2H])c([2H])c6c5sc5c([2H])c([2H])c([2H])c([2H])c56)c5c([2H])c([2H])c([2H])c([2H])c45)c([2H])c([2H])c([2H])c32)c1[2H].[2H]c1c([2H])c([2H])c2c(oc3c([2H])c(-c4c5c([2H])c([2H])c([2H])c([2H])c5c(-c5c([2H])c([2H])c([2H])c6c5sc5c([2H])c([2H])c([2H])c([2H])c56)c5c([2H])c([2H])c([2H])c([2H])c45)c([2H])c([2H])c32)c1[2H]. The van der Waals surface area contributed by atoms with Gasteiger partial charge in [0.25, 0.3) is 0 Å². The van der Waals surface area contributed by atoms with Crippen LogP contribution in [-0.4, -0.2) is 0 Å². The van der Waals surface area contributed by atoms with E-state index in [9.17, 15) is 19.2 Å². The zero-order valence-corrected chi connectivity index (χ0v) is 41.3. The Bertz CT molecular complexity index is 7880. The van der Waals surface area contributed by atoms with Gasteiger partial charge < -0.3 is 8.83 Å². The Morgan fingerprint density at radius 1 is 0.237 bits per heavy atom. The molecule has 0 aliphatic heterocycles. The maximum Gasteiger partial charge on any atom is 0.143 e. The summed E-state index contributed by atoms with van der Waals surface area (Å²) in [7, 11) is 0. The molecule has 4 aromatic heterocycles. The minimum absolute atomic E-state index is 0.0960. The van der Waals surface area contributed by atoms with Crippen LogP contribution in [0.15, 0.2) is 275 Å². The van der Waals surface area contributed by atoms with Gasteiger partial charge in [0, 0.05) is 84.1 Å². The van der Waals surface area contributed by atoms with E-state index in [1.165, 1.54) is 0 Å². The van der Waals surface area contributed by atoms with Crippen LogP contribution in [0.25, 0.3) is 172 Å². The van der Waals surface area contributed by atoms with Crippen molar-refractivity contribution in [2.24, 2.45) is 0 Å². The minimum Gasteiger partial charge on any atom is -0.456 e. The Labute approximate surface area is 529 Å². The van der Waals surface area contributed by atoms with Crippen molar-refractivity contribution in [3.63, 3.8) is 0 Å². The first-order valence-electron chi connectivity index (χ1n) is 45.6. The third kappa shape index (κ3) is 6.77. The molecule has 4 heterocycles. The monoisotopic (exact) mass is 1100 g/mol. The van der Waals surface area contributed by atoms with E-state index >= 15 is 0 Å². The second-order valence-corrected chi connectivity index (χ2v) is 19.6. The maximum absolute atomic E-state index is 9.50. The zero-order valence-electron chi connectivity index (χ0n) is 83.6. The number of furan rings is 2.